The molecule has 1 atom stereocenters. The maximum absolute atomic E-state index is 12.6. The Bertz CT molecular complexity index is 734. The van der Waals surface area contributed by atoms with Gasteiger partial charge in [-0.3, -0.25) is 9.36 Å². The van der Waals surface area contributed by atoms with Crippen molar-refractivity contribution >= 4 is 44.8 Å². The van der Waals surface area contributed by atoms with Crippen LogP contribution in [0.25, 0.3) is 10.2 Å². The highest BCUT2D eigenvalue weighted by Crippen LogP contribution is 2.53. The van der Waals surface area contributed by atoms with E-state index in [0.717, 1.165) is 35.9 Å². The summed E-state index contributed by atoms with van der Waals surface area (Å²) in [6.45, 7) is 0.569. The third kappa shape index (κ3) is 1.84. The predicted octanol–water partition coefficient (Wildman–Crippen LogP) is 3.14. The molecule has 0 amide bonds. The highest BCUT2D eigenvalue weighted by molar-refractivity contribution is 7.18. The Morgan fingerprint density at radius 3 is 3.00 bits per heavy atom. The first kappa shape index (κ1) is 12.2. The van der Waals surface area contributed by atoms with Crippen molar-refractivity contribution in [1.29, 1.82) is 0 Å². The molecule has 2 aromatic heterocycles. The summed E-state index contributed by atoms with van der Waals surface area (Å²) < 4.78 is 1.02. The van der Waals surface area contributed by atoms with Crippen molar-refractivity contribution in [3.05, 3.63) is 27.1 Å². The van der Waals surface area contributed by atoms with E-state index in [0.29, 0.717) is 6.54 Å². The third-order valence-corrected chi connectivity index (χ3v) is 6.19. The van der Waals surface area contributed by atoms with Crippen LogP contribution >= 0.6 is 34.5 Å². The summed E-state index contributed by atoms with van der Waals surface area (Å²) in [5.41, 5.74) is 1.30. The second-order valence-electron chi connectivity index (χ2n) is 5.40. The molecule has 0 radical (unpaired) electrons. The molecule has 0 aliphatic heterocycles. The lowest BCUT2D eigenvalue weighted by Crippen LogP contribution is -2.22. The van der Waals surface area contributed by atoms with Gasteiger partial charge in [-0.2, -0.15) is 0 Å². The SMILES string of the molecule is O=c1c2c3c(sc2ncn1CC1CC1(Cl)Cl)CCC3. The summed E-state index contributed by atoms with van der Waals surface area (Å²) in [6.07, 6.45) is 5.64. The van der Waals surface area contributed by atoms with Crippen molar-refractivity contribution in [1.82, 2.24) is 9.55 Å². The van der Waals surface area contributed by atoms with Crippen LogP contribution in [-0.2, 0) is 19.4 Å². The Morgan fingerprint density at radius 1 is 1.47 bits per heavy atom. The minimum absolute atomic E-state index is 0.0698. The average molecular weight is 315 g/mol. The molecule has 2 aromatic rings. The number of nitrogens with zero attached hydrogens (tertiary/aromatic N) is 2. The van der Waals surface area contributed by atoms with Crippen LogP contribution in [0, 0.1) is 5.92 Å². The molecular weight excluding hydrogens is 303 g/mol. The van der Waals surface area contributed by atoms with Gasteiger partial charge >= 0.3 is 0 Å². The molecule has 6 heteroatoms. The minimum Gasteiger partial charge on any atom is -0.298 e. The average Bonchev–Trinajstić information content (AvgIpc) is 2.74. The summed E-state index contributed by atoms with van der Waals surface area (Å²) >= 11 is 13.7. The minimum atomic E-state index is -0.648. The lowest BCUT2D eigenvalue weighted by molar-refractivity contribution is 0.597. The summed E-state index contributed by atoms with van der Waals surface area (Å²) in [4.78, 5) is 19.2. The van der Waals surface area contributed by atoms with Gasteiger partial charge in [0.15, 0.2) is 0 Å². The molecule has 1 saturated carbocycles. The van der Waals surface area contributed by atoms with Gasteiger partial charge in [0.05, 0.1) is 11.7 Å². The molecular formula is C13H12Cl2N2OS. The van der Waals surface area contributed by atoms with E-state index in [9.17, 15) is 4.79 Å². The Morgan fingerprint density at radius 2 is 2.26 bits per heavy atom. The molecule has 100 valence electrons. The van der Waals surface area contributed by atoms with Crippen LogP contribution in [0.3, 0.4) is 0 Å². The molecule has 0 N–H and O–H groups in total. The van der Waals surface area contributed by atoms with E-state index in [1.165, 1.54) is 10.4 Å². The molecule has 2 aliphatic carbocycles. The van der Waals surface area contributed by atoms with Gasteiger partial charge < -0.3 is 0 Å². The number of aryl methyl sites for hydroxylation is 2. The largest absolute Gasteiger partial charge is 0.298 e. The van der Waals surface area contributed by atoms with Gasteiger partial charge in [-0.15, -0.1) is 34.5 Å². The van der Waals surface area contributed by atoms with E-state index in [-0.39, 0.29) is 11.5 Å². The maximum Gasteiger partial charge on any atom is 0.262 e. The van der Waals surface area contributed by atoms with E-state index in [4.69, 9.17) is 23.2 Å². The zero-order valence-electron chi connectivity index (χ0n) is 10.2. The number of thiophene rings is 1. The van der Waals surface area contributed by atoms with Crippen LogP contribution in [0.1, 0.15) is 23.3 Å². The summed E-state index contributed by atoms with van der Waals surface area (Å²) in [5, 5.41) is 0.829. The van der Waals surface area contributed by atoms with Gasteiger partial charge in [-0.05, 0) is 31.2 Å². The van der Waals surface area contributed by atoms with E-state index in [1.807, 2.05) is 0 Å². The maximum atomic E-state index is 12.6. The molecule has 2 heterocycles. The van der Waals surface area contributed by atoms with Crippen LogP contribution in [-0.4, -0.2) is 13.9 Å². The first-order valence-electron chi connectivity index (χ1n) is 6.44. The molecule has 1 fully saturated rings. The van der Waals surface area contributed by atoms with Crippen molar-refractivity contribution in [3.63, 3.8) is 0 Å². The van der Waals surface area contributed by atoms with Gasteiger partial charge in [0.25, 0.3) is 5.56 Å². The van der Waals surface area contributed by atoms with E-state index >= 15 is 0 Å². The number of alkyl halides is 2. The molecule has 0 spiro atoms. The number of halogens is 2. The Labute approximate surface area is 124 Å². The Balaban J connectivity index is 1.81. The molecule has 0 saturated heterocycles. The summed E-state index contributed by atoms with van der Waals surface area (Å²) in [6, 6.07) is 0. The van der Waals surface area contributed by atoms with E-state index in [2.05, 4.69) is 4.98 Å². The fourth-order valence-electron chi connectivity index (χ4n) is 2.85. The van der Waals surface area contributed by atoms with E-state index < -0.39 is 4.33 Å². The van der Waals surface area contributed by atoms with Gasteiger partial charge in [-0.1, -0.05) is 0 Å². The van der Waals surface area contributed by atoms with Crippen LogP contribution < -0.4 is 5.56 Å². The second-order valence-corrected chi connectivity index (χ2v) is 8.03. The van der Waals surface area contributed by atoms with Crippen molar-refractivity contribution in [3.8, 4) is 0 Å². The number of fused-ring (bicyclic) bond motifs is 3. The molecule has 4 rings (SSSR count). The molecule has 3 nitrogen and oxygen atoms in total. The summed E-state index contributed by atoms with van der Waals surface area (Å²) in [7, 11) is 0. The molecule has 0 aromatic carbocycles. The van der Waals surface area contributed by atoms with Gasteiger partial charge in [0.2, 0.25) is 0 Å². The van der Waals surface area contributed by atoms with E-state index in [1.54, 1.807) is 22.2 Å². The molecule has 0 bridgehead atoms. The fraction of sp³-hybridized carbons (Fsp3) is 0.538. The normalized spacial score (nSPS) is 23.8. The Kier molecular flexibility index (Phi) is 2.54. The first-order chi connectivity index (χ1) is 9.06. The molecule has 19 heavy (non-hydrogen) atoms. The quantitative estimate of drug-likeness (QED) is 0.798. The summed E-state index contributed by atoms with van der Waals surface area (Å²) in [5.74, 6) is 0.166. The van der Waals surface area contributed by atoms with Gasteiger partial charge in [-0.25, -0.2) is 4.98 Å². The monoisotopic (exact) mass is 314 g/mol. The second kappa shape index (κ2) is 3.96. The molecule has 1 unspecified atom stereocenters. The highest BCUT2D eigenvalue weighted by atomic mass is 35.5. The van der Waals surface area contributed by atoms with Gasteiger partial charge in [0, 0.05) is 17.3 Å². The lowest BCUT2D eigenvalue weighted by Gasteiger charge is -2.05. The molecule has 2 aliphatic rings. The highest BCUT2D eigenvalue weighted by Gasteiger charge is 2.51. The zero-order valence-corrected chi connectivity index (χ0v) is 12.5. The van der Waals surface area contributed by atoms with Crippen molar-refractivity contribution in [2.24, 2.45) is 5.92 Å². The number of hydrogen-bond acceptors (Lipinski definition) is 3. The smallest absolute Gasteiger partial charge is 0.262 e. The number of hydrogen-bond donors (Lipinski definition) is 0. The lowest BCUT2D eigenvalue weighted by atomic mass is 10.2. The van der Waals surface area contributed by atoms with Gasteiger partial charge in [0.1, 0.15) is 9.16 Å². The number of rotatable bonds is 2. The number of aromatic nitrogens is 2. The topological polar surface area (TPSA) is 34.9 Å². The van der Waals surface area contributed by atoms with Crippen LogP contribution in [0.4, 0.5) is 0 Å². The van der Waals surface area contributed by atoms with Crippen molar-refractivity contribution in [2.45, 2.75) is 36.6 Å². The Hall–Kier alpha value is -0.580. The zero-order chi connectivity index (χ0) is 13.2. The van der Waals surface area contributed by atoms with Crippen molar-refractivity contribution < 1.29 is 0 Å². The standard InChI is InChI=1S/C13H12Cl2N2OS/c14-13(15)4-7(13)5-17-6-16-11-10(12(17)18)8-2-1-3-9(8)19-11/h6-7H,1-5H2. The van der Waals surface area contributed by atoms with Crippen LogP contribution in [0.2, 0.25) is 0 Å². The first-order valence-corrected chi connectivity index (χ1v) is 8.01. The third-order valence-electron chi connectivity index (χ3n) is 4.06. The van der Waals surface area contributed by atoms with Crippen LogP contribution in [0.5, 0.6) is 0 Å². The predicted molar refractivity (Wildman–Crippen MR) is 78.4 cm³/mol. The van der Waals surface area contributed by atoms with Crippen molar-refractivity contribution in [2.75, 3.05) is 0 Å². The van der Waals surface area contributed by atoms with Crippen LogP contribution in [0.15, 0.2) is 11.1 Å². The fourth-order valence-corrected chi connectivity index (χ4v) is 4.58.